The number of benzene rings is 1. The zero-order valence-electron chi connectivity index (χ0n) is 10.4. The van der Waals surface area contributed by atoms with Crippen LogP contribution < -0.4 is 10.5 Å². The first-order chi connectivity index (χ1) is 9.10. The standard InChI is InChI=1S/C14H14Br2N2O/c1-2-12(17)13-5-4-10(8-18-13)19-14-6-3-9(15)7-11(14)16/h3-8,12H,2,17H2,1H3. The van der Waals surface area contributed by atoms with Crippen molar-refractivity contribution in [1.82, 2.24) is 4.98 Å². The van der Waals surface area contributed by atoms with Crippen molar-refractivity contribution in [3.63, 3.8) is 0 Å². The molecule has 100 valence electrons. The van der Waals surface area contributed by atoms with Crippen molar-refractivity contribution >= 4 is 31.9 Å². The van der Waals surface area contributed by atoms with E-state index in [4.69, 9.17) is 10.5 Å². The van der Waals surface area contributed by atoms with Crippen molar-refractivity contribution in [2.75, 3.05) is 0 Å². The van der Waals surface area contributed by atoms with Gasteiger partial charge < -0.3 is 10.5 Å². The van der Waals surface area contributed by atoms with Crippen molar-refractivity contribution in [3.8, 4) is 11.5 Å². The molecule has 2 aromatic rings. The molecule has 0 spiro atoms. The molecule has 1 aromatic carbocycles. The molecule has 0 saturated heterocycles. The highest BCUT2D eigenvalue weighted by molar-refractivity contribution is 9.11. The number of aromatic nitrogens is 1. The molecule has 5 heteroatoms. The van der Waals surface area contributed by atoms with Crippen molar-refractivity contribution in [1.29, 1.82) is 0 Å². The summed E-state index contributed by atoms with van der Waals surface area (Å²) >= 11 is 6.86. The van der Waals surface area contributed by atoms with Gasteiger partial charge in [-0.15, -0.1) is 0 Å². The van der Waals surface area contributed by atoms with E-state index in [-0.39, 0.29) is 6.04 Å². The smallest absolute Gasteiger partial charge is 0.145 e. The van der Waals surface area contributed by atoms with Crippen molar-refractivity contribution < 1.29 is 4.74 Å². The van der Waals surface area contributed by atoms with E-state index in [0.717, 1.165) is 26.8 Å². The number of hydrogen-bond acceptors (Lipinski definition) is 3. The van der Waals surface area contributed by atoms with Crippen LogP contribution in [-0.2, 0) is 0 Å². The van der Waals surface area contributed by atoms with E-state index in [2.05, 4.69) is 36.8 Å². The molecule has 0 aliphatic carbocycles. The summed E-state index contributed by atoms with van der Waals surface area (Å²) in [5, 5.41) is 0. The van der Waals surface area contributed by atoms with Crippen LogP contribution >= 0.6 is 31.9 Å². The van der Waals surface area contributed by atoms with Crippen LogP contribution in [-0.4, -0.2) is 4.98 Å². The number of nitrogens with two attached hydrogens (primary N) is 1. The van der Waals surface area contributed by atoms with E-state index >= 15 is 0 Å². The molecule has 1 unspecified atom stereocenters. The molecule has 0 aliphatic heterocycles. The number of nitrogens with zero attached hydrogens (tertiary/aromatic N) is 1. The fraction of sp³-hybridized carbons (Fsp3) is 0.214. The summed E-state index contributed by atoms with van der Waals surface area (Å²) in [4.78, 5) is 4.32. The molecule has 2 rings (SSSR count). The van der Waals surface area contributed by atoms with E-state index in [1.165, 1.54) is 0 Å². The minimum atomic E-state index is -0.0199. The van der Waals surface area contributed by atoms with Crippen LogP contribution in [0.4, 0.5) is 0 Å². The first kappa shape index (κ1) is 14.5. The Morgan fingerprint density at radius 2 is 2.05 bits per heavy atom. The van der Waals surface area contributed by atoms with Gasteiger partial charge >= 0.3 is 0 Å². The third-order valence-electron chi connectivity index (χ3n) is 2.70. The average Bonchev–Trinajstić information content (AvgIpc) is 2.42. The van der Waals surface area contributed by atoms with Gasteiger partial charge in [-0.25, -0.2) is 0 Å². The van der Waals surface area contributed by atoms with Crippen molar-refractivity contribution in [3.05, 3.63) is 51.2 Å². The van der Waals surface area contributed by atoms with Gasteiger partial charge in [-0.3, -0.25) is 4.98 Å². The molecule has 3 nitrogen and oxygen atoms in total. The SMILES string of the molecule is CCC(N)c1ccc(Oc2ccc(Br)cc2Br)cn1. The van der Waals surface area contributed by atoms with Gasteiger partial charge in [0.05, 0.1) is 16.4 Å². The highest BCUT2D eigenvalue weighted by atomic mass is 79.9. The van der Waals surface area contributed by atoms with E-state index in [1.54, 1.807) is 6.20 Å². The predicted octanol–water partition coefficient (Wildman–Crippen LogP) is 4.81. The molecule has 0 saturated carbocycles. The lowest BCUT2D eigenvalue weighted by molar-refractivity contribution is 0.476. The van der Waals surface area contributed by atoms with Crippen LogP contribution in [0.2, 0.25) is 0 Å². The maximum Gasteiger partial charge on any atom is 0.145 e. The lowest BCUT2D eigenvalue weighted by Crippen LogP contribution is -2.10. The van der Waals surface area contributed by atoms with Gasteiger partial charge in [-0.05, 0) is 52.7 Å². The first-order valence-electron chi connectivity index (χ1n) is 5.94. The summed E-state index contributed by atoms with van der Waals surface area (Å²) in [6, 6.07) is 9.51. The molecule has 1 atom stereocenters. The minimum Gasteiger partial charge on any atom is -0.455 e. The maximum atomic E-state index is 5.92. The maximum absolute atomic E-state index is 5.92. The Bertz CT molecular complexity index is 558. The van der Waals surface area contributed by atoms with Crippen molar-refractivity contribution in [2.45, 2.75) is 19.4 Å². The Hall–Kier alpha value is -0.910. The molecular formula is C14H14Br2N2O. The van der Waals surface area contributed by atoms with Gasteiger partial charge in [0.15, 0.2) is 0 Å². The normalized spacial score (nSPS) is 12.2. The van der Waals surface area contributed by atoms with Crippen molar-refractivity contribution in [2.24, 2.45) is 5.73 Å². The second kappa shape index (κ2) is 6.50. The van der Waals surface area contributed by atoms with Crippen LogP contribution in [0.3, 0.4) is 0 Å². The lowest BCUT2D eigenvalue weighted by Gasteiger charge is -2.10. The summed E-state index contributed by atoms with van der Waals surface area (Å²) in [7, 11) is 0. The van der Waals surface area contributed by atoms with Crippen LogP contribution in [0.25, 0.3) is 0 Å². The lowest BCUT2D eigenvalue weighted by atomic mass is 10.1. The number of rotatable bonds is 4. The minimum absolute atomic E-state index is 0.0199. The molecule has 19 heavy (non-hydrogen) atoms. The molecule has 1 aromatic heterocycles. The molecule has 0 aliphatic rings. The van der Waals surface area contributed by atoms with E-state index in [0.29, 0.717) is 5.75 Å². The third kappa shape index (κ3) is 3.78. The Labute approximate surface area is 129 Å². The van der Waals surface area contributed by atoms with Crippen LogP contribution in [0.5, 0.6) is 11.5 Å². The van der Waals surface area contributed by atoms with Gasteiger partial charge in [0, 0.05) is 10.5 Å². The fourth-order valence-electron chi connectivity index (χ4n) is 1.57. The Morgan fingerprint density at radius 3 is 2.63 bits per heavy atom. The zero-order valence-corrected chi connectivity index (χ0v) is 13.6. The van der Waals surface area contributed by atoms with Gasteiger partial charge in [0.1, 0.15) is 11.5 Å². The number of halogens is 2. The van der Waals surface area contributed by atoms with Crippen LogP contribution in [0.15, 0.2) is 45.5 Å². The van der Waals surface area contributed by atoms with E-state index in [1.807, 2.05) is 37.3 Å². The summed E-state index contributed by atoms with van der Waals surface area (Å²) < 4.78 is 7.64. The van der Waals surface area contributed by atoms with Gasteiger partial charge in [0.25, 0.3) is 0 Å². The largest absolute Gasteiger partial charge is 0.455 e. The van der Waals surface area contributed by atoms with E-state index < -0.39 is 0 Å². The second-order valence-electron chi connectivity index (χ2n) is 4.11. The number of pyridine rings is 1. The average molecular weight is 386 g/mol. The highest BCUT2D eigenvalue weighted by Crippen LogP contribution is 2.31. The predicted molar refractivity (Wildman–Crippen MR) is 83.4 cm³/mol. The number of ether oxygens (including phenoxy) is 1. The van der Waals surface area contributed by atoms with Gasteiger partial charge in [0.2, 0.25) is 0 Å². The quantitative estimate of drug-likeness (QED) is 0.821. The summed E-state index contributed by atoms with van der Waals surface area (Å²) in [6.45, 7) is 2.04. The van der Waals surface area contributed by atoms with Gasteiger partial charge in [-0.1, -0.05) is 22.9 Å². The summed E-state index contributed by atoms with van der Waals surface area (Å²) in [5.74, 6) is 1.44. The molecule has 0 bridgehead atoms. The third-order valence-corrected chi connectivity index (χ3v) is 3.81. The second-order valence-corrected chi connectivity index (χ2v) is 5.88. The first-order valence-corrected chi connectivity index (χ1v) is 7.53. The molecule has 0 amide bonds. The van der Waals surface area contributed by atoms with Crippen LogP contribution in [0, 0.1) is 0 Å². The van der Waals surface area contributed by atoms with Gasteiger partial charge in [-0.2, -0.15) is 0 Å². The fourth-order valence-corrected chi connectivity index (χ4v) is 2.69. The molecule has 0 radical (unpaired) electrons. The summed E-state index contributed by atoms with van der Waals surface area (Å²) in [5.41, 5.74) is 6.80. The monoisotopic (exact) mass is 384 g/mol. The Balaban J connectivity index is 2.15. The van der Waals surface area contributed by atoms with E-state index in [9.17, 15) is 0 Å². The van der Waals surface area contributed by atoms with Crippen LogP contribution in [0.1, 0.15) is 25.1 Å². The summed E-state index contributed by atoms with van der Waals surface area (Å²) in [6.07, 6.45) is 2.56. The zero-order chi connectivity index (χ0) is 13.8. The number of hydrogen-bond donors (Lipinski definition) is 1. The molecular weight excluding hydrogens is 372 g/mol. The topological polar surface area (TPSA) is 48.1 Å². The Morgan fingerprint density at radius 1 is 1.26 bits per heavy atom. The Kier molecular flexibility index (Phi) is 4.96. The molecule has 1 heterocycles. The highest BCUT2D eigenvalue weighted by Gasteiger charge is 2.07. The molecule has 0 fully saturated rings. The molecule has 2 N–H and O–H groups in total.